The minimum atomic E-state index is -0.690. The minimum absolute atomic E-state index is 0.0413. The summed E-state index contributed by atoms with van der Waals surface area (Å²) < 4.78 is 16.7. The number of carbonyl (C=O) groups excluding carboxylic acids is 4. The summed E-state index contributed by atoms with van der Waals surface area (Å²) in [6, 6.07) is 24.9. The molecule has 12 nitrogen and oxygen atoms in total. The van der Waals surface area contributed by atoms with Gasteiger partial charge < -0.3 is 15.1 Å². The van der Waals surface area contributed by atoms with Gasteiger partial charge in [-0.15, -0.1) is 0 Å². The first-order chi connectivity index (χ1) is 33.4. The normalized spacial score (nSPS) is 19.8. The topological polar surface area (TPSA) is 120 Å². The first kappa shape index (κ1) is 47.9. The molecule has 0 saturated carbocycles. The number of amides is 4. The largest absolute Gasteiger partial charge is 0.352 e. The Morgan fingerprint density at radius 1 is 0.783 bits per heavy atom. The van der Waals surface area contributed by atoms with E-state index in [9.17, 15) is 28.4 Å². The molecule has 9 rings (SSSR count). The van der Waals surface area contributed by atoms with Gasteiger partial charge in [0, 0.05) is 70.0 Å². The molecule has 0 aliphatic carbocycles. The maximum Gasteiger partial charge on any atom is 0.329 e. The number of likely N-dealkylation sites (tertiary alicyclic amines) is 4. The summed E-state index contributed by atoms with van der Waals surface area (Å²) in [5.74, 6) is 7.22. The highest BCUT2D eigenvalue weighted by molar-refractivity contribution is 6.00. The van der Waals surface area contributed by atoms with Crippen LogP contribution in [0.25, 0.3) is 21.8 Å². The van der Waals surface area contributed by atoms with Crippen molar-refractivity contribution in [1.29, 1.82) is 0 Å². The highest BCUT2D eigenvalue weighted by Crippen LogP contribution is 2.35. The Morgan fingerprint density at radius 2 is 1.54 bits per heavy atom. The van der Waals surface area contributed by atoms with Gasteiger partial charge in [0.05, 0.1) is 11.0 Å². The van der Waals surface area contributed by atoms with Gasteiger partial charge in [0.2, 0.25) is 17.7 Å². The SMILES string of the molecule is CC(c1ccc(C#CC2CCN(CCCCC(=O)N3CCC(c4ccc5c(c4)n(C)c(=O)n5C4CCC(=O)N(C)C4=O)CC3)CC2)c2ccccc12)N1CCC(C(=O)NCc2cccc(F)c2)CC1. The van der Waals surface area contributed by atoms with Gasteiger partial charge in [-0.1, -0.05) is 60.4 Å². The fourth-order valence-corrected chi connectivity index (χ4v) is 11.3. The third kappa shape index (κ3) is 10.6. The number of likely N-dealkylation sites (N-methyl/N-ethyl adjacent to an activating group) is 1. The van der Waals surface area contributed by atoms with Gasteiger partial charge in [0.15, 0.2) is 0 Å². The number of halogens is 1. The van der Waals surface area contributed by atoms with E-state index in [0.717, 1.165) is 124 Å². The Hall–Kier alpha value is -6.10. The van der Waals surface area contributed by atoms with Crippen LogP contribution in [0.15, 0.2) is 83.7 Å². The molecule has 0 spiro atoms. The van der Waals surface area contributed by atoms with Crippen LogP contribution in [0, 0.1) is 29.5 Å². The third-order valence-electron chi connectivity index (χ3n) is 15.7. The molecule has 4 aliphatic rings. The number of aryl methyl sites for hydroxylation is 1. The molecule has 13 heteroatoms. The molecule has 4 amide bonds. The van der Waals surface area contributed by atoms with E-state index in [-0.39, 0.29) is 59.4 Å². The number of imidazole rings is 1. The molecule has 5 heterocycles. The van der Waals surface area contributed by atoms with Crippen molar-refractivity contribution in [3.63, 3.8) is 0 Å². The Kier molecular flexibility index (Phi) is 14.8. The average Bonchev–Trinajstić information content (AvgIpc) is 3.62. The molecule has 4 aromatic carbocycles. The molecule has 4 saturated heterocycles. The number of rotatable bonds is 12. The van der Waals surface area contributed by atoms with Crippen molar-refractivity contribution in [2.24, 2.45) is 18.9 Å². The highest BCUT2D eigenvalue weighted by Gasteiger charge is 2.36. The lowest BCUT2D eigenvalue weighted by Gasteiger charge is -2.36. The molecule has 1 N–H and O–H groups in total. The Labute approximate surface area is 404 Å². The summed E-state index contributed by atoms with van der Waals surface area (Å²) in [5, 5.41) is 5.42. The van der Waals surface area contributed by atoms with Crippen LogP contribution in [0.1, 0.15) is 118 Å². The zero-order valence-corrected chi connectivity index (χ0v) is 40.4. The lowest BCUT2D eigenvalue weighted by molar-refractivity contribution is -0.149. The molecule has 0 bridgehead atoms. The second-order valence-corrected chi connectivity index (χ2v) is 19.9. The smallest absolute Gasteiger partial charge is 0.329 e. The number of nitrogens with one attached hydrogen (secondary N) is 1. The van der Waals surface area contributed by atoms with Gasteiger partial charge in [-0.25, -0.2) is 9.18 Å². The second kappa shape index (κ2) is 21.3. The number of hydrogen-bond donors (Lipinski definition) is 1. The second-order valence-electron chi connectivity index (χ2n) is 19.9. The van der Waals surface area contributed by atoms with E-state index in [1.54, 1.807) is 22.2 Å². The highest BCUT2D eigenvalue weighted by atomic mass is 19.1. The number of unbranched alkanes of at least 4 members (excludes halogenated alkanes) is 1. The Bertz CT molecular complexity index is 2840. The summed E-state index contributed by atoms with van der Waals surface area (Å²) in [5.41, 5.74) is 5.48. The van der Waals surface area contributed by atoms with Gasteiger partial charge in [-0.3, -0.25) is 38.1 Å². The van der Waals surface area contributed by atoms with E-state index in [1.807, 2.05) is 17.0 Å². The van der Waals surface area contributed by atoms with Crippen molar-refractivity contribution >= 4 is 45.4 Å². The van der Waals surface area contributed by atoms with Gasteiger partial charge in [-0.2, -0.15) is 0 Å². The van der Waals surface area contributed by atoms with Crippen LogP contribution in [0.5, 0.6) is 0 Å². The monoisotopic (exact) mass is 936 g/mol. The number of hydrogen-bond acceptors (Lipinski definition) is 7. The van der Waals surface area contributed by atoms with Crippen molar-refractivity contribution in [3.8, 4) is 11.8 Å². The maximum atomic E-state index is 13.6. The first-order valence-corrected chi connectivity index (χ1v) is 25.2. The number of fused-ring (bicyclic) bond motifs is 2. The molecule has 1 aromatic heterocycles. The molecule has 2 unspecified atom stereocenters. The van der Waals surface area contributed by atoms with Crippen molar-refractivity contribution < 1.29 is 23.6 Å². The van der Waals surface area contributed by atoms with E-state index in [2.05, 4.69) is 82.4 Å². The van der Waals surface area contributed by atoms with Crippen molar-refractivity contribution in [2.75, 3.05) is 52.9 Å². The lowest BCUT2D eigenvalue weighted by Crippen LogP contribution is -2.45. The third-order valence-corrected chi connectivity index (χ3v) is 15.7. The predicted molar refractivity (Wildman–Crippen MR) is 267 cm³/mol. The molecule has 2 atom stereocenters. The number of aromatic nitrogens is 2. The van der Waals surface area contributed by atoms with E-state index >= 15 is 0 Å². The molecule has 4 aliphatic heterocycles. The van der Waals surface area contributed by atoms with E-state index in [0.29, 0.717) is 30.8 Å². The Morgan fingerprint density at radius 3 is 2.29 bits per heavy atom. The van der Waals surface area contributed by atoms with Crippen LogP contribution in [-0.2, 0) is 32.8 Å². The van der Waals surface area contributed by atoms with Gasteiger partial charge in [0.1, 0.15) is 11.9 Å². The number of imide groups is 1. The van der Waals surface area contributed by atoms with Crippen molar-refractivity contribution in [2.45, 2.75) is 102 Å². The van der Waals surface area contributed by atoms with Crippen molar-refractivity contribution in [3.05, 3.63) is 117 Å². The number of carbonyl (C=O) groups is 4. The van der Waals surface area contributed by atoms with Gasteiger partial charge in [-0.05, 0) is 161 Å². The van der Waals surface area contributed by atoms with E-state index in [4.69, 9.17) is 0 Å². The summed E-state index contributed by atoms with van der Waals surface area (Å²) in [4.78, 5) is 72.8. The lowest BCUT2D eigenvalue weighted by atomic mass is 9.89. The van der Waals surface area contributed by atoms with E-state index < -0.39 is 6.04 Å². The van der Waals surface area contributed by atoms with Gasteiger partial charge >= 0.3 is 5.69 Å². The van der Waals surface area contributed by atoms with Crippen LogP contribution in [-0.4, -0.2) is 105 Å². The molecular formula is C56H66FN7O5. The standard InChI is InChI=1S/C56H66FN7O5/c1-38(62-31-26-43(27-32-62)54(67)58-37-40-9-8-10-45(57)35-40)46-18-16-42(47-11-4-5-12-48(46)47)15-14-39-22-29-61(30-23-39)28-7-6-13-53(66)63-33-24-41(25-34-63)44-17-19-49-51(36-44)59(2)56(69)64(49)50-20-21-52(65)60(3)55(50)68/h4-5,8-12,16-19,35-36,38-39,41,43,50H,6-7,13,20-34,37H2,1-3H3,(H,58,67). The number of nitrogens with zero attached hydrogens (tertiary/aromatic N) is 6. The summed E-state index contributed by atoms with van der Waals surface area (Å²) in [6.07, 6.45) is 8.40. The van der Waals surface area contributed by atoms with Crippen LogP contribution in [0.3, 0.4) is 0 Å². The zero-order chi connectivity index (χ0) is 48.2. The first-order valence-electron chi connectivity index (χ1n) is 25.2. The number of benzene rings is 4. The van der Waals surface area contributed by atoms with Crippen LogP contribution >= 0.6 is 0 Å². The summed E-state index contributed by atoms with van der Waals surface area (Å²) in [6.45, 7) is 8.76. The molecule has 5 aromatic rings. The average molecular weight is 936 g/mol. The van der Waals surface area contributed by atoms with Crippen LogP contribution in [0.4, 0.5) is 4.39 Å². The maximum absolute atomic E-state index is 13.6. The molecule has 0 radical (unpaired) electrons. The molecular weight excluding hydrogens is 870 g/mol. The summed E-state index contributed by atoms with van der Waals surface area (Å²) >= 11 is 0. The number of piperidine rings is 4. The van der Waals surface area contributed by atoms with Crippen LogP contribution < -0.4 is 11.0 Å². The predicted octanol–water partition coefficient (Wildman–Crippen LogP) is 7.68. The zero-order valence-electron chi connectivity index (χ0n) is 40.4. The molecule has 362 valence electrons. The minimum Gasteiger partial charge on any atom is -0.352 e. The van der Waals surface area contributed by atoms with Crippen LogP contribution in [0.2, 0.25) is 0 Å². The summed E-state index contributed by atoms with van der Waals surface area (Å²) in [7, 11) is 3.21. The fourth-order valence-electron chi connectivity index (χ4n) is 11.3. The fraction of sp³-hybridized carbons (Fsp3) is 0.482. The van der Waals surface area contributed by atoms with Gasteiger partial charge in [0.25, 0.3) is 5.91 Å². The van der Waals surface area contributed by atoms with E-state index in [1.165, 1.54) is 35.5 Å². The Balaban J connectivity index is 0.696. The van der Waals surface area contributed by atoms with Crippen molar-refractivity contribution in [1.82, 2.24) is 34.1 Å². The quantitative estimate of drug-likeness (QED) is 0.0775. The molecule has 69 heavy (non-hydrogen) atoms. The molecule has 4 fully saturated rings.